The number of carbonyl (C=O) groups is 1. The first-order chi connectivity index (χ1) is 15.6. The van der Waals surface area contributed by atoms with Gasteiger partial charge < -0.3 is 25.4 Å². The van der Waals surface area contributed by atoms with Crippen LogP contribution in [0.15, 0.2) is 42.5 Å². The Labute approximate surface area is 195 Å². The molecule has 2 aliphatic rings. The fourth-order valence-corrected chi connectivity index (χ4v) is 5.91. The maximum atomic E-state index is 11.6. The smallest absolute Gasteiger partial charge is 0.315 e. The van der Waals surface area contributed by atoms with E-state index in [1.54, 1.807) is 0 Å². The number of para-hydroxylation sites is 1. The quantitative estimate of drug-likeness (QED) is 0.483. The van der Waals surface area contributed by atoms with Gasteiger partial charge in [-0.25, -0.2) is 9.78 Å². The van der Waals surface area contributed by atoms with Gasteiger partial charge in [-0.1, -0.05) is 29.0 Å². The summed E-state index contributed by atoms with van der Waals surface area (Å²) in [5.74, 6) is 1.48. The van der Waals surface area contributed by atoms with Crippen LogP contribution in [-0.4, -0.2) is 47.2 Å². The predicted molar refractivity (Wildman–Crippen MR) is 126 cm³/mol. The van der Waals surface area contributed by atoms with Gasteiger partial charge in [0.15, 0.2) is 0 Å². The van der Waals surface area contributed by atoms with E-state index in [2.05, 4.69) is 10.3 Å². The molecule has 0 spiro atoms. The summed E-state index contributed by atoms with van der Waals surface area (Å²) in [5.41, 5.74) is 6.29. The molecule has 3 heterocycles. The second-order valence-electron chi connectivity index (χ2n) is 8.24. The summed E-state index contributed by atoms with van der Waals surface area (Å²) in [6.07, 6.45) is 4.03. The molecule has 2 saturated heterocycles. The lowest BCUT2D eigenvalue weighted by atomic mass is 9.98. The fourth-order valence-electron chi connectivity index (χ4n) is 4.78. The number of benzene rings is 2. The van der Waals surface area contributed by atoms with Crippen LogP contribution in [-0.2, 0) is 0 Å². The number of carbonyl (C=O) groups excluding carboxylic acids is 1. The van der Waals surface area contributed by atoms with Gasteiger partial charge in [-0.2, -0.15) is 0 Å². The van der Waals surface area contributed by atoms with Gasteiger partial charge in [0.25, 0.3) is 5.19 Å². The summed E-state index contributed by atoms with van der Waals surface area (Å²) in [4.78, 5) is 17.9. The molecule has 0 radical (unpaired) electrons. The number of piperidine rings is 1. The van der Waals surface area contributed by atoms with Crippen LogP contribution < -0.4 is 20.5 Å². The second kappa shape index (κ2) is 9.13. The first-order valence-electron chi connectivity index (χ1n) is 10.8. The lowest BCUT2D eigenvalue weighted by Gasteiger charge is -2.38. The predicted octanol–water partition coefficient (Wildman–Crippen LogP) is 4.78. The molecule has 3 aromatic rings. The number of halogens is 1. The third-order valence-electron chi connectivity index (χ3n) is 6.17. The third-order valence-corrected chi connectivity index (χ3v) is 7.37. The molecular weight excluding hydrogens is 448 g/mol. The Morgan fingerprint density at radius 2 is 1.88 bits per heavy atom. The Morgan fingerprint density at radius 3 is 2.56 bits per heavy atom. The number of thiazole rings is 1. The molecule has 2 amide bonds. The number of fused-ring (bicyclic) bond motifs is 3. The zero-order chi connectivity index (χ0) is 22.1. The highest BCUT2D eigenvalue weighted by Crippen LogP contribution is 2.36. The molecule has 2 aromatic carbocycles. The SMILES string of the molecule is NC(=O)N1[C@@H]2CC[C@H]1CC(NCCOc1ccc(Oc3nc4c(Cl)cccc4s3)cc1)C2. The highest BCUT2D eigenvalue weighted by Gasteiger charge is 2.42. The zero-order valence-corrected chi connectivity index (χ0v) is 19.1. The van der Waals surface area contributed by atoms with E-state index in [9.17, 15) is 4.79 Å². The summed E-state index contributed by atoms with van der Waals surface area (Å²) in [5, 5.41) is 4.75. The second-order valence-corrected chi connectivity index (χ2v) is 9.64. The Morgan fingerprint density at radius 1 is 1.16 bits per heavy atom. The molecule has 1 aromatic heterocycles. The minimum atomic E-state index is -0.279. The number of nitrogens with two attached hydrogens (primary N) is 1. The average Bonchev–Trinajstić information content (AvgIpc) is 3.31. The maximum Gasteiger partial charge on any atom is 0.315 e. The Bertz CT molecular complexity index is 1090. The van der Waals surface area contributed by atoms with E-state index in [0.717, 1.165) is 48.2 Å². The molecule has 3 atom stereocenters. The van der Waals surface area contributed by atoms with Crippen LogP contribution in [0.3, 0.4) is 0 Å². The molecule has 5 rings (SSSR count). The minimum Gasteiger partial charge on any atom is -0.492 e. The fraction of sp³-hybridized carbons (Fsp3) is 0.391. The van der Waals surface area contributed by atoms with Crippen LogP contribution in [0.1, 0.15) is 25.7 Å². The topological polar surface area (TPSA) is 89.7 Å². The van der Waals surface area contributed by atoms with Crippen molar-refractivity contribution >= 4 is 39.2 Å². The van der Waals surface area contributed by atoms with Crippen molar-refractivity contribution in [3.63, 3.8) is 0 Å². The van der Waals surface area contributed by atoms with Crippen LogP contribution in [0.2, 0.25) is 5.02 Å². The van der Waals surface area contributed by atoms with Gasteiger partial charge in [0.2, 0.25) is 0 Å². The van der Waals surface area contributed by atoms with E-state index in [0.29, 0.717) is 28.6 Å². The molecule has 32 heavy (non-hydrogen) atoms. The Balaban J connectivity index is 1.08. The van der Waals surface area contributed by atoms with Crippen LogP contribution in [0.5, 0.6) is 16.7 Å². The zero-order valence-electron chi connectivity index (χ0n) is 17.5. The number of nitrogens with zero attached hydrogens (tertiary/aromatic N) is 2. The van der Waals surface area contributed by atoms with Gasteiger partial charge in [-0.05, 0) is 62.1 Å². The normalized spacial score (nSPS) is 22.3. The summed E-state index contributed by atoms with van der Waals surface area (Å²) < 4.78 is 12.7. The summed E-state index contributed by atoms with van der Waals surface area (Å²) in [6.45, 7) is 1.33. The van der Waals surface area contributed by atoms with Crippen molar-refractivity contribution in [2.24, 2.45) is 5.73 Å². The minimum absolute atomic E-state index is 0.279. The molecule has 9 heteroatoms. The number of ether oxygens (including phenoxy) is 2. The number of hydrogen-bond donors (Lipinski definition) is 2. The van der Waals surface area contributed by atoms with E-state index in [1.807, 2.05) is 47.4 Å². The highest BCUT2D eigenvalue weighted by molar-refractivity contribution is 7.20. The molecule has 2 bridgehead atoms. The summed E-state index contributed by atoms with van der Waals surface area (Å²) >= 11 is 7.65. The van der Waals surface area contributed by atoms with E-state index < -0.39 is 0 Å². The number of hydrogen-bond acceptors (Lipinski definition) is 6. The molecule has 0 saturated carbocycles. The third kappa shape index (κ3) is 4.48. The Kier molecular flexibility index (Phi) is 6.08. The molecule has 168 valence electrons. The molecule has 0 aliphatic carbocycles. The molecule has 3 N–H and O–H groups in total. The van der Waals surface area contributed by atoms with Crippen LogP contribution >= 0.6 is 22.9 Å². The van der Waals surface area contributed by atoms with E-state index in [-0.39, 0.29) is 18.1 Å². The summed E-state index contributed by atoms with van der Waals surface area (Å²) in [6, 6.07) is 13.9. The lowest BCUT2D eigenvalue weighted by molar-refractivity contribution is 0.136. The number of primary amides is 1. The number of urea groups is 1. The van der Waals surface area contributed by atoms with E-state index in [4.69, 9.17) is 26.8 Å². The maximum absolute atomic E-state index is 11.6. The monoisotopic (exact) mass is 472 g/mol. The van der Waals surface area contributed by atoms with Gasteiger partial charge in [0.05, 0.1) is 9.72 Å². The lowest BCUT2D eigenvalue weighted by Crippen LogP contribution is -2.53. The molecule has 1 unspecified atom stereocenters. The van der Waals surface area contributed by atoms with Gasteiger partial charge in [0, 0.05) is 24.7 Å². The van der Waals surface area contributed by atoms with Crippen molar-refractivity contribution in [1.82, 2.24) is 15.2 Å². The molecule has 2 fully saturated rings. The van der Waals surface area contributed by atoms with Gasteiger partial charge >= 0.3 is 6.03 Å². The van der Waals surface area contributed by atoms with Crippen LogP contribution in [0.25, 0.3) is 10.2 Å². The average molecular weight is 473 g/mol. The van der Waals surface area contributed by atoms with Crippen molar-refractivity contribution in [3.8, 4) is 16.7 Å². The van der Waals surface area contributed by atoms with Crippen molar-refractivity contribution in [2.45, 2.75) is 43.8 Å². The Hall–Kier alpha value is -2.55. The van der Waals surface area contributed by atoms with Crippen LogP contribution in [0.4, 0.5) is 4.79 Å². The molecule has 7 nitrogen and oxygen atoms in total. The standard InChI is InChI=1S/C23H25ClN4O3S/c24-19-2-1-3-20-21(19)27-23(32-20)31-18-8-6-17(7-9-18)30-11-10-26-14-12-15-4-5-16(13-14)28(15)22(25)29/h1-3,6-9,14-16,26H,4-5,10-13H2,(H2,25,29)/t14?,15-,16+. The number of aromatic nitrogens is 1. The van der Waals surface area contributed by atoms with Crippen molar-refractivity contribution in [2.75, 3.05) is 13.2 Å². The van der Waals surface area contributed by atoms with Crippen molar-refractivity contribution in [3.05, 3.63) is 47.5 Å². The summed E-state index contributed by atoms with van der Waals surface area (Å²) in [7, 11) is 0. The van der Waals surface area contributed by atoms with Gasteiger partial charge in [-0.3, -0.25) is 0 Å². The van der Waals surface area contributed by atoms with Gasteiger partial charge in [0.1, 0.15) is 23.6 Å². The van der Waals surface area contributed by atoms with Crippen LogP contribution in [0, 0.1) is 0 Å². The molecule has 2 aliphatic heterocycles. The van der Waals surface area contributed by atoms with Crippen molar-refractivity contribution < 1.29 is 14.3 Å². The van der Waals surface area contributed by atoms with E-state index in [1.165, 1.54) is 11.3 Å². The largest absolute Gasteiger partial charge is 0.492 e. The van der Waals surface area contributed by atoms with E-state index >= 15 is 0 Å². The van der Waals surface area contributed by atoms with Crippen molar-refractivity contribution in [1.29, 1.82) is 0 Å². The first-order valence-corrected chi connectivity index (χ1v) is 12.0. The first kappa shape index (κ1) is 21.3. The number of rotatable bonds is 7. The number of nitrogens with one attached hydrogen (secondary N) is 1. The molecular formula is C23H25ClN4O3S. The highest BCUT2D eigenvalue weighted by atomic mass is 35.5. The van der Waals surface area contributed by atoms with Gasteiger partial charge in [-0.15, -0.1) is 0 Å². The number of amides is 2.